The molecule has 0 aromatic carbocycles. The van der Waals surface area contributed by atoms with Crippen LogP contribution >= 0.6 is 0 Å². The van der Waals surface area contributed by atoms with Crippen LogP contribution in [0.5, 0.6) is 0 Å². The predicted molar refractivity (Wildman–Crippen MR) is 116 cm³/mol. The molecule has 0 amide bonds. The monoisotopic (exact) mass is 368 g/mol. The lowest BCUT2D eigenvalue weighted by Crippen LogP contribution is -2.43. The first-order chi connectivity index (χ1) is 12.2. The van der Waals surface area contributed by atoms with Gasteiger partial charge in [-0.2, -0.15) is 0 Å². The summed E-state index contributed by atoms with van der Waals surface area (Å²) in [6.45, 7) is 27.1. The van der Waals surface area contributed by atoms with Crippen LogP contribution in [0, 0.1) is 0 Å². The van der Waals surface area contributed by atoms with Crippen LogP contribution < -0.4 is 0 Å². The van der Waals surface area contributed by atoms with Crippen LogP contribution in [0.3, 0.4) is 0 Å². The molecule has 0 aromatic heterocycles. The number of rotatable bonds is 4. The lowest BCUT2D eigenvalue weighted by atomic mass is 10.2. The number of nitrogens with zero attached hydrogens (tertiary/aromatic N) is 4. The zero-order valence-corrected chi connectivity index (χ0v) is 19.2. The minimum atomic E-state index is 0.694. The molecular weight excluding hydrogens is 320 g/mol. The van der Waals surface area contributed by atoms with E-state index in [9.17, 15) is 0 Å². The summed E-state index contributed by atoms with van der Waals surface area (Å²) in [5.41, 5.74) is 0. The van der Waals surface area contributed by atoms with E-state index < -0.39 is 0 Å². The van der Waals surface area contributed by atoms with Crippen molar-refractivity contribution in [1.29, 1.82) is 0 Å². The van der Waals surface area contributed by atoms with Crippen molar-refractivity contribution in [3.05, 3.63) is 0 Å². The summed E-state index contributed by atoms with van der Waals surface area (Å²) >= 11 is 0. The van der Waals surface area contributed by atoms with Crippen molar-refractivity contribution >= 4 is 0 Å². The van der Waals surface area contributed by atoms with E-state index in [2.05, 4.69) is 75.0 Å². The van der Waals surface area contributed by atoms with Crippen molar-refractivity contribution in [3.63, 3.8) is 0 Å². The van der Waals surface area contributed by atoms with E-state index in [1.165, 1.54) is 58.5 Å². The smallest absolute Gasteiger partial charge is 0.0511 e. The first-order valence-electron chi connectivity index (χ1n) is 11.2. The molecule has 2 heterocycles. The van der Waals surface area contributed by atoms with Crippen LogP contribution in [-0.4, -0.2) is 89.7 Å². The Morgan fingerprint density at radius 3 is 1.00 bits per heavy atom. The van der Waals surface area contributed by atoms with Crippen molar-refractivity contribution in [3.8, 4) is 0 Å². The summed E-state index contributed by atoms with van der Waals surface area (Å²) in [6.07, 6.45) is 4.05. The average molecular weight is 369 g/mol. The lowest BCUT2D eigenvalue weighted by molar-refractivity contribution is 0.104. The van der Waals surface area contributed by atoms with Gasteiger partial charge in [0.1, 0.15) is 0 Å². The second-order valence-electron chi connectivity index (χ2n) is 9.27. The highest BCUT2D eigenvalue weighted by Gasteiger charge is 2.19. The normalized spacial score (nSPS) is 22.6. The summed E-state index contributed by atoms with van der Waals surface area (Å²) in [4.78, 5) is 10.3. The van der Waals surface area contributed by atoms with Gasteiger partial charge in [-0.1, -0.05) is 0 Å². The van der Waals surface area contributed by atoms with Crippen molar-refractivity contribution in [2.75, 3.05) is 45.9 Å². The Kier molecular flexibility index (Phi) is 11.3. The fourth-order valence-electron chi connectivity index (χ4n) is 3.84. The van der Waals surface area contributed by atoms with Gasteiger partial charge in [-0.25, -0.2) is 0 Å². The van der Waals surface area contributed by atoms with Crippen LogP contribution in [0.1, 0.15) is 74.7 Å². The second-order valence-corrected chi connectivity index (χ2v) is 9.27. The minimum Gasteiger partial charge on any atom is -0.300 e. The van der Waals surface area contributed by atoms with Gasteiger partial charge in [-0.3, -0.25) is 19.6 Å². The molecule has 26 heavy (non-hydrogen) atoms. The Bertz CT molecular complexity index is 322. The third-order valence-corrected chi connectivity index (χ3v) is 5.99. The molecule has 156 valence electrons. The lowest BCUT2D eigenvalue weighted by Gasteiger charge is -2.32. The van der Waals surface area contributed by atoms with Crippen LogP contribution in [0.2, 0.25) is 0 Å². The van der Waals surface area contributed by atoms with Gasteiger partial charge in [0.15, 0.2) is 0 Å². The zero-order chi connectivity index (χ0) is 19.7. The van der Waals surface area contributed by atoms with Crippen molar-refractivity contribution in [2.45, 2.75) is 98.8 Å². The summed E-state index contributed by atoms with van der Waals surface area (Å²) in [6, 6.07) is 2.82. The van der Waals surface area contributed by atoms with E-state index >= 15 is 0 Å². The fourth-order valence-corrected chi connectivity index (χ4v) is 3.84. The molecule has 2 aliphatic heterocycles. The summed E-state index contributed by atoms with van der Waals surface area (Å²) < 4.78 is 0. The molecule has 4 heteroatoms. The molecule has 2 aliphatic rings. The Balaban J connectivity index is 0.000000260. The van der Waals surface area contributed by atoms with Gasteiger partial charge >= 0.3 is 0 Å². The number of hydrogen-bond acceptors (Lipinski definition) is 4. The van der Waals surface area contributed by atoms with Gasteiger partial charge < -0.3 is 0 Å². The maximum absolute atomic E-state index is 2.59. The van der Waals surface area contributed by atoms with E-state index in [0.29, 0.717) is 24.2 Å². The highest BCUT2D eigenvalue weighted by atomic mass is 15.3. The third-order valence-electron chi connectivity index (χ3n) is 5.99. The van der Waals surface area contributed by atoms with E-state index in [0.717, 1.165) is 6.67 Å². The molecule has 0 bridgehead atoms. The molecule has 0 atom stereocenters. The molecule has 0 N–H and O–H groups in total. The van der Waals surface area contributed by atoms with Crippen molar-refractivity contribution in [2.24, 2.45) is 0 Å². The summed E-state index contributed by atoms with van der Waals surface area (Å²) in [5.74, 6) is 0. The maximum atomic E-state index is 2.59. The van der Waals surface area contributed by atoms with Crippen LogP contribution in [0.15, 0.2) is 0 Å². The highest BCUT2D eigenvalue weighted by molar-refractivity contribution is 4.74. The molecule has 0 aliphatic carbocycles. The van der Waals surface area contributed by atoms with Gasteiger partial charge in [-0.05, 0) is 101 Å². The second kappa shape index (κ2) is 12.3. The van der Waals surface area contributed by atoms with Crippen molar-refractivity contribution < 1.29 is 0 Å². The first kappa shape index (κ1) is 23.9. The molecule has 0 spiro atoms. The molecule has 2 rings (SSSR count). The fraction of sp³-hybridized carbons (Fsp3) is 1.00. The Hall–Kier alpha value is -0.160. The van der Waals surface area contributed by atoms with Gasteiger partial charge in [0.25, 0.3) is 0 Å². The zero-order valence-electron chi connectivity index (χ0n) is 19.2. The van der Waals surface area contributed by atoms with Crippen LogP contribution in [-0.2, 0) is 0 Å². The SMILES string of the molecule is CC(C)N1CCCCN(C(C)C)C1.CC(C)N1CCCN(C(C)C)CC1. The predicted octanol–water partition coefficient (Wildman–Crippen LogP) is 3.97. The van der Waals surface area contributed by atoms with Gasteiger partial charge in [0.2, 0.25) is 0 Å². The molecule has 4 nitrogen and oxygen atoms in total. The van der Waals surface area contributed by atoms with Crippen LogP contribution in [0.4, 0.5) is 0 Å². The first-order valence-corrected chi connectivity index (χ1v) is 11.2. The largest absolute Gasteiger partial charge is 0.300 e. The molecule has 2 fully saturated rings. The Morgan fingerprint density at radius 1 is 0.385 bits per heavy atom. The topological polar surface area (TPSA) is 13.0 Å². The molecule has 0 aromatic rings. The molecule has 2 saturated heterocycles. The highest BCUT2D eigenvalue weighted by Crippen LogP contribution is 2.12. The van der Waals surface area contributed by atoms with E-state index in [4.69, 9.17) is 0 Å². The Morgan fingerprint density at radius 2 is 0.692 bits per heavy atom. The molecule has 0 saturated carbocycles. The van der Waals surface area contributed by atoms with E-state index in [1.54, 1.807) is 0 Å². The van der Waals surface area contributed by atoms with E-state index in [-0.39, 0.29) is 0 Å². The molecule has 0 radical (unpaired) electrons. The van der Waals surface area contributed by atoms with Crippen LogP contribution in [0.25, 0.3) is 0 Å². The van der Waals surface area contributed by atoms with Crippen molar-refractivity contribution in [1.82, 2.24) is 19.6 Å². The average Bonchev–Trinajstić information content (AvgIpc) is 2.96. The molecule has 0 unspecified atom stereocenters. The maximum Gasteiger partial charge on any atom is 0.0511 e. The molecular formula is C22H48N4. The Labute approximate surface area is 164 Å². The number of hydrogen-bond donors (Lipinski definition) is 0. The van der Waals surface area contributed by atoms with E-state index in [1.807, 2.05) is 0 Å². The summed E-state index contributed by atoms with van der Waals surface area (Å²) in [7, 11) is 0. The standard InChI is InChI=1S/2C11H24N2/c1-10(2)12-6-5-7-13(9-8-12)11(3)4;1-10(2)12-7-5-6-8-13(9-12)11(3)4/h2*10-11H,5-9H2,1-4H3. The van der Waals surface area contributed by atoms with Gasteiger partial charge in [0, 0.05) is 37.3 Å². The summed E-state index contributed by atoms with van der Waals surface area (Å²) in [5, 5.41) is 0. The van der Waals surface area contributed by atoms with Gasteiger partial charge in [0.05, 0.1) is 6.67 Å². The third kappa shape index (κ3) is 8.69. The van der Waals surface area contributed by atoms with Gasteiger partial charge in [-0.15, -0.1) is 0 Å². The minimum absolute atomic E-state index is 0.694. The quantitative estimate of drug-likeness (QED) is 0.744.